The Kier molecular flexibility index (Phi) is 37.0. The zero-order chi connectivity index (χ0) is 41.1. The Bertz CT molecular complexity index is 1140. The van der Waals surface area contributed by atoms with E-state index in [0.29, 0.717) is 0 Å². The molecule has 0 saturated carbocycles. The van der Waals surface area contributed by atoms with Crippen molar-refractivity contribution in [2.24, 2.45) is 0 Å². The molecular weight excluding hydrogens is 1240 g/mol. The molecule has 0 aromatic rings. The molecule has 0 fully saturated rings. The smallest absolute Gasteiger partial charge is 1.00 e. The van der Waals surface area contributed by atoms with Crippen molar-refractivity contribution in [3.63, 3.8) is 0 Å². The Morgan fingerprint density at radius 1 is 0.293 bits per heavy atom. The summed E-state index contributed by atoms with van der Waals surface area (Å²) >= 11 is 0. The van der Waals surface area contributed by atoms with E-state index >= 15 is 0 Å². The summed E-state index contributed by atoms with van der Waals surface area (Å²) in [5.74, 6) is 0. The van der Waals surface area contributed by atoms with Crippen molar-refractivity contribution in [1.82, 2.24) is 29.4 Å². The van der Waals surface area contributed by atoms with Gasteiger partial charge in [-0.15, -0.1) is 0 Å². The molecule has 0 aromatic carbocycles. The summed E-state index contributed by atoms with van der Waals surface area (Å²) in [6.45, 7) is 10.9. The Labute approximate surface area is 431 Å². The van der Waals surface area contributed by atoms with Crippen molar-refractivity contribution in [3.05, 3.63) is 0 Å². The van der Waals surface area contributed by atoms with Crippen LogP contribution in [-0.4, -0.2) is 256 Å². The van der Waals surface area contributed by atoms with E-state index in [1.807, 2.05) is 84.6 Å². The molecule has 342 valence electrons. The monoisotopic (exact) mass is 1310 g/mol. The number of hydrogen-bond donors (Lipinski definition) is 0. The number of nitrogens with zero attached hydrogens (tertiary/aromatic N) is 12. The fourth-order valence-electron chi connectivity index (χ4n) is 6.17. The molecule has 0 amide bonds. The zero-order valence-electron chi connectivity index (χ0n) is 37.0. The van der Waals surface area contributed by atoms with Crippen LogP contribution < -0.4 is 103 Å². The second-order valence-corrected chi connectivity index (χ2v) is 14.9. The van der Waals surface area contributed by atoms with Crippen molar-refractivity contribution in [2.45, 2.75) is 38.5 Å². The largest absolute Gasteiger partial charge is 3.00 e. The quantitative estimate of drug-likeness (QED) is 0.166. The molecule has 22 heteroatoms. The van der Waals surface area contributed by atoms with Gasteiger partial charge in [0.1, 0.15) is 0 Å². The third-order valence-electron chi connectivity index (χ3n) is 9.84. The maximum absolute atomic E-state index is 11.0. The molecule has 0 aromatic heterocycles. The predicted octanol–water partition coefficient (Wildman–Crippen LogP) is -16.9. The molecule has 0 saturated heterocycles. The van der Waals surface area contributed by atoms with Gasteiger partial charge in [-0.3, -0.25) is 56.9 Å². The molecule has 0 radical (unpaired) electrons. The minimum absolute atomic E-state index is 0. The van der Waals surface area contributed by atoms with Crippen LogP contribution in [0.25, 0.3) is 0 Å². The van der Waals surface area contributed by atoms with Crippen LogP contribution in [0.1, 0.15) is 38.5 Å². The molecular formula is C36H72I3N12O6Tb. The van der Waals surface area contributed by atoms with Gasteiger partial charge >= 0.3 is 38.6 Å². The molecule has 18 nitrogen and oxygen atoms in total. The molecule has 0 atom stereocenters. The normalized spacial score (nSPS) is 19.4. The third-order valence-corrected chi connectivity index (χ3v) is 9.84. The fourth-order valence-corrected chi connectivity index (χ4v) is 6.17. The molecule has 0 bridgehead atoms. The zero-order valence-corrected chi connectivity index (χ0v) is 45.6. The Morgan fingerprint density at radius 2 is 0.397 bits per heavy atom. The van der Waals surface area contributed by atoms with Crippen molar-refractivity contribution < 1.29 is 169 Å². The second kappa shape index (κ2) is 33.7. The summed E-state index contributed by atoms with van der Waals surface area (Å²) in [5.41, 5.74) is 0. The van der Waals surface area contributed by atoms with Gasteiger partial charge in [-0.05, 0) is 0 Å². The molecule has 6 aliphatic heterocycles. The third kappa shape index (κ3) is 23.3. The SMILES string of the molecule is CN1CCC[N+](C)=C1[O-].CN1CCC[N+](C)=C1[O-].CN1CCC[N+](C)=C1[O-].CN1CCC[N+](C)=C1[O-].CN1CCC[N+](C)=C1[O-].CN1CCC[N+](C)=C1[O-].[I-].[I-].[I-].[Tb+3]. The first-order valence-electron chi connectivity index (χ1n) is 19.1. The predicted molar refractivity (Wildman–Crippen MR) is 200 cm³/mol. The molecule has 58 heavy (non-hydrogen) atoms. The van der Waals surface area contributed by atoms with Crippen LogP contribution in [0.4, 0.5) is 0 Å². The number of hydrogen-bond acceptors (Lipinski definition) is 12. The maximum atomic E-state index is 11.0. The molecule has 0 unspecified atom stereocenters. The van der Waals surface area contributed by atoms with Crippen LogP contribution >= 0.6 is 0 Å². The molecule has 6 rings (SSSR count). The summed E-state index contributed by atoms with van der Waals surface area (Å²) in [5, 5.41) is 65.9. The average Bonchev–Trinajstić information content (AvgIpc) is 3.13. The summed E-state index contributed by atoms with van der Waals surface area (Å²) < 4.78 is 10.4. The summed E-state index contributed by atoms with van der Waals surface area (Å²) in [4.78, 5) is 10.4. The first-order chi connectivity index (χ1) is 25.3. The minimum atomic E-state index is 0. The molecule has 6 heterocycles. The first kappa shape index (κ1) is 63.7. The van der Waals surface area contributed by atoms with Crippen molar-refractivity contribution in [1.29, 1.82) is 0 Å². The Morgan fingerprint density at radius 3 is 0.466 bits per heavy atom. The van der Waals surface area contributed by atoms with Gasteiger partial charge in [-0.1, -0.05) is 0 Å². The van der Waals surface area contributed by atoms with Crippen molar-refractivity contribution >= 4 is 36.1 Å². The van der Waals surface area contributed by atoms with Gasteiger partial charge in [-0.2, -0.15) is 0 Å². The summed E-state index contributed by atoms with van der Waals surface area (Å²) in [6, 6.07) is 0.840. The van der Waals surface area contributed by atoms with E-state index in [2.05, 4.69) is 0 Å². The van der Waals surface area contributed by atoms with Crippen LogP contribution in [-0.2, 0) is 0 Å². The summed E-state index contributed by atoms with van der Waals surface area (Å²) in [6.07, 6.45) is 6.58. The Balaban J connectivity index is -0.000000298. The maximum Gasteiger partial charge on any atom is 3.00 e. The van der Waals surface area contributed by atoms with Gasteiger partial charge in [0.25, 0.3) is 0 Å². The van der Waals surface area contributed by atoms with Crippen LogP contribution in [0, 0.1) is 38.6 Å². The van der Waals surface area contributed by atoms with Crippen molar-refractivity contribution in [2.75, 3.05) is 163 Å². The van der Waals surface area contributed by atoms with Crippen LogP contribution in [0.3, 0.4) is 0 Å². The number of halogens is 3. The Hall–Kier alpha value is -0.904. The van der Waals surface area contributed by atoms with Gasteiger partial charge < -0.3 is 103 Å². The van der Waals surface area contributed by atoms with Gasteiger partial charge in [0.15, 0.2) is 0 Å². The number of amidine groups is 6. The fraction of sp³-hybridized carbons (Fsp3) is 0.833. The van der Waals surface area contributed by atoms with Crippen molar-refractivity contribution in [3.8, 4) is 0 Å². The van der Waals surface area contributed by atoms with Gasteiger partial charge in [0.05, 0.1) is 163 Å². The van der Waals surface area contributed by atoms with Crippen LogP contribution in [0.2, 0.25) is 0 Å². The van der Waals surface area contributed by atoms with Gasteiger partial charge in [0, 0.05) is 38.5 Å². The van der Waals surface area contributed by atoms with E-state index in [0.717, 1.165) is 117 Å². The van der Waals surface area contributed by atoms with Gasteiger partial charge in [0.2, 0.25) is 36.1 Å². The topological polar surface area (TPSA) is 176 Å². The van der Waals surface area contributed by atoms with Crippen LogP contribution in [0.5, 0.6) is 0 Å². The molecule has 0 spiro atoms. The molecule has 0 aliphatic carbocycles. The van der Waals surface area contributed by atoms with Crippen LogP contribution in [0.15, 0.2) is 0 Å². The standard InChI is InChI=1S/6C6H12N2O.3HI.Tb/c6*1-7-4-3-5-8(2)6(7)9;;;;/h6*3-5H2,1-2H3;3*1H;/q;;;;;;;;;+3/p-3. The van der Waals surface area contributed by atoms with E-state index in [4.69, 9.17) is 0 Å². The second-order valence-electron chi connectivity index (χ2n) is 14.9. The van der Waals surface area contributed by atoms with E-state index < -0.39 is 0 Å². The summed E-state index contributed by atoms with van der Waals surface area (Å²) in [7, 11) is 22.0. The van der Waals surface area contributed by atoms with Gasteiger partial charge in [-0.25, -0.2) is 0 Å². The average molecular weight is 1310 g/mol. The number of rotatable bonds is 0. The first-order valence-corrected chi connectivity index (χ1v) is 19.1. The molecule has 6 aliphatic rings. The van der Waals surface area contributed by atoms with E-state index in [9.17, 15) is 30.6 Å². The van der Waals surface area contributed by atoms with E-state index in [-0.39, 0.29) is 147 Å². The van der Waals surface area contributed by atoms with E-state index in [1.165, 1.54) is 0 Å². The minimum Gasteiger partial charge on any atom is -1.00 e. The van der Waals surface area contributed by atoms with E-state index in [1.54, 1.807) is 56.9 Å². The molecule has 0 N–H and O–H groups in total.